The largest absolute Gasteiger partial charge is 0.484 e. The van der Waals surface area contributed by atoms with Crippen LogP contribution in [0.2, 0.25) is 5.02 Å². The standard InChI is InChI=1S/C24H20ClN3O4/c25-17-5-7-18(8-6-17)27-20(29)13-32-19-9-1-14(2-10-19)12-26-28-23(30)21-15-3-4-16(11-15)22(21)24(28)31/h1-10,12,15-16,21-22H,11,13H2,(H,27,29)/t15-,16-,21-,22+/m0/s1. The fourth-order valence-electron chi connectivity index (χ4n) is 4.65. The van der Waals surface area contributed by atoms with E-state index in [9.17, 15) is 14.4 Å². The van der Waals surface area contributed by atoms with Gasteiger partial charge in [-0.1, -0.05) is 23.8 Å². The minimum atomic E-state index is -0.293. The molecule has 0 radical (unpaired) electrons. The molecule has 1 saturated heterocycles. The molecule has 5 rings (SSSR count). The molecule has 3 aliphatic rings. The van der Waals surface area contributed by atoms with Crippen LogP contribution in [0.15, 0.2) is 65.8 Å². The molecule has 162 valence electrons. The van der Waals surface area contributed by atoms with Crippen molar-refractivity contribution in [1.82, 2.24) is 5.01 Å². The maximum Gasteiger partial charge on any atom is 0.262 e. The first-order chi connectivity index (χ1) is 15.5. The summed E-state index contributed by atoms with van der Waals surface area (Å²) in [7, 11) is 0. The summed E-state index contributed by atoms with van der Waals surface area (Å²) >= 11 is 5.83. The first-order valence-corrected chi connectivity index (χ1v) is 10.8. The van der Waals surface area contributed by atoms with E-state index in [2.05, 4.69) is 22.6 Å². The second-order valence-electron chi connectivity index (χ2n) is 8.15. The fraction of sp³-hybridized carbons (Fsp3) is 0.250. The third-order valence-electron chi connectivity index (χ3n) is 6.15. The van der Waals surface area contributed by atoms with Gasteiger partial charge in [-0.25, -0.2) is 0 Å². The number of amides is 3. The number of halogens is 1. The van der Waals surface area contributed by atoms with Gasteiger partial charge in [0, 0.05) is 10.7 Å². The summed E-state index contributed by atoms with van der Waals surface area (Å²) in [6.45, 7) is -0.147. The van der Waals surface area contributed by atoms with Crippen LogP contribution >= 0.6 is 11.6 Å². The van der Waals surface area contributed by atoms with Crippen LogP contribution in [-0.2, 0) is 14.4 Å². The fourth-order valence-corrected chi connectivity index (χ4v) is 4.78. The molecular formula is C24H20ClN3O4. The molecule has 2 fully saturated rings. The Bertz CT molecular complexity index is 1100. The molecule has 32 heavy (non-hydrogen) atoms. The third kappa shape index (κ3) is 3.80. The minimum absolute atomic E-state index is 0.147. The van der Waals surface area contributed by atoms with E-state index in [0.29, 0.717) is 22.0 Å². The predicted molar refractivity (Wildman–Crippen MR) is 119 cm³/mol. The molecule has 1 aliphatic heterocycles. The van der Waals surface area contributed by atoms with Gasteiger partial charge in [-0.05, 0) is 72.4 Å². The lowest BCUT2D eigenvalue weighted by Gasteiger charge is -2.13. The molecule has 2 aliphatic carbocycles. The molecule has 0 spiro atoms. The van der Waals surface area contributed by atoms with E-state index in [1.165, 1.54) is 6.21 Å². The summed E-state index contributed by atoms with van der Waals surface area (Å²) in [4.78, 5) is 37.3. The van der Waals surface area contributed by atoms with Gasteiger partial charge in [0.15, 0.2) is 6.61 Å². The molecule has 2 aromatic carbocycles. The van der Waals surface area contributed by atoms with Gasteiger partial charge < -0.3 is 10.1 Å². The molecule has 0 unspecified atom stereocenters. The second-order valence-corrected chi connectivity index (χ2v) is 8.58. The van der Waals surface area contributed by atoms with Crippen molar-refractivity contribution in [3.8, 4) is 5.75 Å². The van der Waals surface area contributed by atoms with Crippen molar-refractivity contribution in [1.29, 1.82) is 0 Å². The monoisotopic (exact) mass is 449 g/mol. The predicted octanol–water partition coefficient (Wildman–Crippen LogP) is 3.50. The second kappa shape index (κ2) is 8.24. The highest BCUT2D eigenvalue weighted by Crippen LogP contribution is 2.52. The lowest BCUT2D eigenvalue weighted by atomic mass is 9.85. The van der Waals surface area contributed by atoms with Gasteiger partial charge in [-0.15, -0.1) is 0 Å². The van der Waals surface area contributed by atoms with Gasteiger partial charge in [0.2, 0.25) is 0 Å². The molecule has 1 saturated carbocycles. The molecule has 7 nitrogen and oxygen atoms in total. The van der Waals surface area contributed by atoms with Crippen molar-refractivity contribution < 1.29 is 19.1 Å². The number of nitrogens with one attached hydrogen (secondary N) is 1. The molecule has 1 heterocycles. The highest BCUT2D eigenvalue weighted by Gasteiger charge is 2.59. The zero-order valence-electron chi connectivity index (χ0n) is 17.0. The maximum atomic E-state index is 12.7. The topological polar surface area (TPSA) is 88.1 Å². The number of hydrazone groups is 1. The molecule has 4 atom stereocenters. The van der Waals surface area contributed by atoms with Crippen LogP contribution in [-0.4, -0.2) is 35.6 Å². The Kier molecular flexibility index (Phi) is 5.27. The Labute approximate surface area is 189 Å². The van der Waals surface area contributed by atoms with Crippen LogP contribution < -0.4 is 10.1 Å². The van der Waals surface area contributed by atoms with Gasteiger partial charge in [-0.2, -0.15) is 10.1 Å². The van der Waals surface area contributed by atoms with E-state index < -0.39 is 0 Å². The van der Waals surface area contributed by atoms with E-state index in [0.717, 1.165) is 11.4 Å². The molecule has 0 aromatic heterocycles. The number of fused-ring (bicyclic) bond motifs is 5. The molecular weight excluding hydrogens is 430 g/mol. The average Bonchev–Trinajstić information content (AvgIpc) is 3.47. The van der Waals surface area contributed by atoms with Crippen molar-refractivity contribution in [2.45, 2.75) is 6.42 Å². The summed E-state index contributed by atoms with van der Waals surface area (Å²) in [6, 6.07) is 13.7. The summed E-state index contributed by atoms with van der Waals surface area (Å²) in [5, 5.41) is 8.49. The molecule has 1 N–H and O–H groups in total. The Hall–Kier alpha value is -3.45. The molecule has 2 bridgehead atoms. The number of imide groups is 1. The zero-order valence-corrected chi connectivity index (χ0v) is 17.7. The number of rotatable bonds is 6. The van der Waals surface area contributed by atoms with Gasteiger partial charge in [-0.3, -0.25) is 14.4 Å². The number of nitrogens with zero attached hydrogens (tertiary/aromatic N) is 2. The van der Waals surface area contributed by atoms with Crippen LogP contribution in [0.1, 0.15) is 12.0 Å². The van der Waals surface area contributed by atoms with Crippen molar-refractivity contribution in [2.24, 2.45) is 28.8 Å². The molecule has 3 amide bonds. The van der Waals surface area contributed by atoms with E-state index in [-0.39, 0.29) is 48.0 Å². The summed E-state index contributed by atoms with van der Waals surface area (Å²) in [5.74, 6) is -0.393. The van der Waals surface area contributed by atoms with E-state index in [1.54, 1.807) is 48.5 Å². The number of allylic oxidation sites excluding steroid dienone is 2. The van der Waals surface area contributed by atoms with Gasteiger partial charge >= 0.3 is 0 Å². The Morgan fingerprint density at radius 2 is 1.66 bits per heavy atom. The van der Waals surface area contributed by atoms with Crippen LogP contribution in [0.5, 0.6) is 5.75 Å². The van der Waals surface area contributed by atoms with Crippen LogP contribution in [0.25, 0.3) is 0 Å². The lowest BCUT2D eigenvalue weighted by Crippen LogP contribution is -2.28. The smallest absolute Gasteiger partial charge is 0.262 e. The van der Waals surface area contributed by atoms with Crippen molar-refractivity contribution in [3.05, 3.63) is 71.3 Å². The number of hydrogen-bond acceptors (Lipinski definition) is 5. The van der Waals surface area contributed by atoms with E-state index in [1.807, 2.05) is 0 Å². The molecule has 2 aromatic rings. The van der Waals surface area contributed by atoms with Crippen molar-refractivity contribution in [2.75, 3.05) is 11.9 Å². The number of anilines is 1. The minimum Gasteiger partial charge on any atom is -0.484 e. The van der Waals surface area contributed by atoms with Crippen LogP contribution in [0.3, 0.4) is 0 Å². The Morgan fingerprint density at radius 1 is 1.03 bits per heavy atom. The number of benzene rings is 2. The zero-order chi connectivity index (χ0) is 22.2. The quantitative estimate of drug-likeness (QED) is 0.415. The summed E-state index contributed by atoms with van der Waals surface area (Å²) in [6.07, 6.45) is 6.49. The lowest BCUT2D eigenvalue weighted by molar-refractivity contribution is -0.140. The van der Waals surface area contributed by atoms with E-state index >= 15 is 0 Å². The highest BCUT2D eigenvalue weighted by atomic mass is 35.5. The van der Waals surface area contributed by atoms with Crippen molar-refractivity contribution >= 4 is 41.2 Å². The molecule has 8 heteroatoms. The summed E-state index contributed by atoms with van der Waals surface area (Å²) < 4.78 is 5.50. The normalized spacial score (nSPS) is 25.6. The number of ether oxygens (including phenoxy) is 1. The Morgan fingerprint density at radius 3 is 2.28 bits per heavy atom. The Balaban J connectivity index is 1.15. The maximum absolute atomic E-state index is 12.7. The number of carbonyl (C=O) groups is 3. The van der Waals surface area contributed by atoms with Crippen LogP contribution in [0, 0.1) is 23.7 Å². The third-order valence-corrected chi connectivity index (χ3v) is 6.40. The first-order valence-electron chi connectivity index (χ1n) is 10.4. The number of carbonyl (C=O) groups excluding carboxylic acids is 3. The average molecular weight is 450 g/mol. The first kappa shape index (κ1) is 20.5. The van der Waals surface area contributed by atoms with Gasteiger partial charge in [0.25, 0.3) is 17.7 Å². The summed E-state index contributed by atoms with van der Waals surface area (Å²) in [5.41, 5.74) is 1.34. The van der Waals surface area contributed by atoms with Crippen molar-refractivity contribution in [3.63, 3.8) is 0 Å². The SMILES string of the molecule is O=C(COc1ccc(C=NN2C(=O)[C@@H]3[C@H](C2=O)[C@H]2C=C[C@H]3C2)cc1)Nc1ccc(Cl)cc1. The van der Waals surface area contributed by atoms with Gasteiger partial charge in [0.1, 0.15) is 5.75 Å². The van der Waals surface area contributed by atoms with Crippen LogP contribution in [0.4, 0.5) is 5.69 Å². The highest BCUT2D eigenvalue weighted by molar-refractivity contribution is 6.30. The van der Waals surface area contributed by atoms with E-state index in [4.69, 9.17) is 16.3 Å². The van der Waals surface area contributed by atoms with Gasteiger partial charge in [0.05, 0.1) is 18.1 Å². The number of hydrogen-bond donors (Lipinski definition) is 1.